The number of benzene rings is 1. The summed E-state index contributed by atoms with van der Waals surface area (Å²) in [6.07, 6.45) is 0. The number of non-ortho nitro benzene ring substituents is 1. The van der Waals surface area contributed by atoms with Crippen molar-refractivity contribution in [1.82, 2.24) is 15.5 Å². The van der Waals surface area contributed by atoms with Crippen LogP contribution in [0.5, 0.6) is 0 Å². The van der Waals surface area contributed by atoms with E-state index >= 15 is 0 Å². The number of nitro benzene ring substituents is 1. The van der Waals surface area contributed by atoms with Crippen molar-refractivity contribution in [3.05, 3.63) is 51.2 Å². The maximum atomic E-state index is 12.1. The van der Waals surface area contributed by atoms with E-state index in [0.717, 1.165) is 4.90 Å². The quantitative estimate of drug-likeness (QED) is 0.635. The predicted octanol–water partition coefficient (Wildman–Crippen LogP) is 1.80. The van der Waals surface area contributed by atoms with E-state index in [1.54, 1.807) is 0 Å². The van der Waals surface area contributed by atoms with Gasteiger partial charge in [0, 0.05) is 24.9 Å². The Bertz CT molecular complexity index is 765. The number of nitrogens with zero attached hydrogens (tertiary/aromatic N) is 3. The second-order valence-corrected chi connectivity index (χ2v) is 4.76. The summed E-state index contributed by atoms with van der Waals surface area (Å²) in [5, 5.41) is 25.1. The molecule has 0 saturated carbocycles. The van der Waals surface area contributed by atoms with Gasteiger partial charge in [-0.2, -0.15) is 5.26 Å². The minimum Gasteiger partial charge on any atom is -0.341 e. The monoisotopic (exact) mass is 315 g/mol. The Kier molecular flexibility index (Phi) is 4.27. The Morgan fingerprint density at radius 2 is 2.22 bits per heavy atom. The van der Waals surface area contributed by atoms with Crippen LogP contribution >= 0.6 is 0 Å². The molecule has 1 atom stereocenters. The SMILES string of the molecule is CNC(=O)N1C(=O)NC(C)=C(C#N)C1c1cccc([N+](=O)[O-])c1. The standard InChI is InChI=1S/C14H13N5O4/c1-8-11(7-15)12(18(13(20)16-2)14(21)17-8)9-4-3-5-10(6-9)19(22)23/h3-6,12H,1-2H3,(H,16,20)(H,17,21). The van der Waals surface area contributed by atoms with Crippen molar-refractivity contribution in [3.8, 4) is 6.07 Å². The molecule has 0 bridgehead atoms. The van der Waals surface area contributed by atoms with E-state index in [-0.39, 0.29) is 11.3 Å². The first-order valence-corrected chi connectivity index (χ1v) is 6.57. The Labute approximate surface area is 131 Å². The van der Waals surface area contributed by atoms with Crippen LogP contribution in [0.4, 0.5) is 15.3 Å². The molecule has 9 heteroatoms. The molecule has 23 heavy (non-hydrogen) atoms. The molecule has 1 aromatic rings. The van der Waals surface area contributed by atoms with Crippen LogP contribution in [0.25, 0.3) is 0 Å². The van der Waals surface area contributed by atoms with Gasteiger partial charge >= 0.3 is 12.1 Å². The molecule has 0 spiro atoms. The third kappa shape index (κ3) is 2.82. The number of allylic oxidation sites excluding steroid dienone is 1. The zero-order valence-corrected chi connectivity index (χ0v) is 12.4. The van der Waals surface area contributed by atoms with Crippen molar-refractivity contribution in [2.45, 2.75) is 13.0 Å². The van der Waals surface area contributed by atoms with Crippen molar-refractivity contribution < 1.29 is 14.5 Å². The number of amides is 4. The van der Waals surface area contributed by atoms with Crippen LogP contribution in [0, 0.1) is 21.4 Å². The number of urea groups is 2. The highest BCUT2D eigenvalue weighted by atomic mass is 16.6. The van der Waals surface area contributed by atoms with Gasteiger partial charge in [-0.25, -0.2) is 14.5 Å². The molecule has 1 heterocycles. The Balaban J connectivity index is 2.65. The lowest BCUT2D eigenvalue weighted by Gasteiger charge is -2.34. The van der Waals surface area contributed by atoms with E-state index < -0.39 is 23.0 Å². The molecule has 1 aromatic carbocycles. The third-order valence-corrected chi connectivity index (χ3v) is 3.40. The fourth-order valence-electron chi connectivity index (χ4n) is 2.34. The minimum absolute atomic E-state index is 0.133. The van der Waals surface area contributed by atoms with Gasteiger partial charge in [-0.1, -0.05) is 12.1 Å². The molecular formula is C14H13N5O4. The van der Waals surface area contributed by atoms with Gasteiger partial charge in [-0.15, -0.1) is 0 Å². The zero-order valence-electron chi connectivity index (χ0n) is 12.4. The molecule has 2 rings (SSSR count). The lowest BCUT2D eigenvalue weighted by Crippen LogP contribution is -2.52. The summed E-state index contributed by atoms with van der Waals surface area (Å²) in [6.45, 7) is 1.53. The van der Waals surface area contributed by atoms with Crippen LogP contribution in [0.3, 0.4) is 0 Å². The average molecular weight is 315 g/mol. The number of carbonyl (C=O) groups is 2. The molecule has 1 unspecified atom stereocenters. The maximum Gasteiger partial charge on any atom is 0.330 e. The van der Waals surface area contributed by atoms with Crippen LogP contribution in [-0.4, -0.2) is 28.9 Å². The Morgan fingerprint density at radius 1 is 1.52 bits per heavy atom. The van der Waals surface area contributed by atoms with Crippen molar-refractivity contribution in [3.63, 3.8) is 0 Å². The van der Waals surface area contributed by atoms with Crippen LogP contribution < -0.4 is 10.6 Å². The van der Waals surface area contributed by atoms with Gasteiger partial charge < -0.3 is 10.6 Å². The van der Waals surface area contributed by atoms with Crippen LogP contribution in [0.1, 0.15) is 18.5 Å². The van der Waals surface area contributed by atoms with E-state index in [1.807, 2.05) is 6.07 Å². The van der Waals surface area contributed by atoms with Crippen molar-refractivity contribution in [2.24, 2.45) is 0 Å². The molecule has 2 N–H and O–H groups in total. The van der Waals surface area contributed by atoms with Crippen molar-refractivity contribution in [1.29, 1.82) is 5.26 Å². The average Bonchev–Trinajstić information content (AvgIpc) is 2.53. The molecule has 4 amide bonds. The van der Waals surface area contributed by atoms with Gasteiger partial charge in [0.2, 0.25) is 0 Å². The van der Waals surface area contributed by atoms with Crippen molar-refractivity contribution in [2.75, 3.05) is 7.05 Å². The first-order chi connectivity index (χ1) is 10.9. The molecule has 0 aliphatic carbocycles. The normalized spacial score (nSPS) is 17.3. The lowest BCUT2D eigenvalue weighted by molar-refractivity contribution is -0.384. The molecule has 0 aromatic heterocycles. The van der Waals surface area contributed by atoms with Gasteiger partial charge in [0.05, 0.1) is 16.6 Å². The highest BCUT2D eigenvalue weighted by molar-refractivity contribution is 5.96. The predicted molar refractivity (Wildman–Crippen MR) is 79.0 cm³/mol. The topological polar surface area (TPSA) is 128 Å². The molecule has 0 fully saturated rings. The largest absolute Gasteiger partial charge is 0.341 e. The number of hydrogen-bond acceptors (Lipinski definition) is 5. The van der Waals surface area contributed by atoms with Crippen LogP contribution in [-0.2, 0) is 0 Å². The number of hydrogen-bond donors (Lipinski definition) is 2. The number of carbonyl (C=O) groups excluding carboxylic acids is 2. The Hall–Kier alpha value is -3.41. The summed E-state index contributed by atoms with van der Waals surface area (Å²) in [5.74, 6) is 0. The summed E-state index contributed by atoms with van der Waals surface area (Å²) in [6, 6.07) is 4.98. The smallest absolute Gasteiger partial charge is 0.330 e. The van der Waals surface area contributed by atoms with Gasteiger partial charge in [0.25, 0.3) is 5.69 Å². The van der Waals surface area contributed by atoms with E-state index in [9.17, 15) is 25.0 Å². The minimum atomic E-state index is -1.03. The molecule has 0 saturated heterocycles. The second-order valence-electron chi connectivity index (χ2n) is 4.76. The Morgan fingerprint density at radius 3 is 2.78 bits per heavy atom. The molecule has 9 nitrogen and oxygen atoms in total. The molecule has 1 aliphatic heterocycles. The van der Waals surface area contributed by atoms with Crippen molar-refractivity contribution >= 4 is 17.7 Å². The fourth-order valence-corrected chi connectivity index (χ4v) is 2.34. The van der Waals surface area contributed by atoms with Gasteiger partial charge in [-0.05, 0) is 12.5 Å². The lowest BCUT2D eigenvalue weighted by atomic mass is 9.94. The highest BCUT2D eigenvalue weighted by Crippen LogP contribution is 2.34. The van der Waals surface area contributed by atoms with Gasteiger partial charge in [-0.3, -0.25) is 10.1 Å². The first-order valence-electron chi connectivity index (χ1n) is 6.57. The fraction of sp³-hybridized carbons (Fsp3) is 0.214. The van der Waals surface area contributed by atoms with E-state index in [0.29, 0.717) is 11.3 Å². The van der Waals surface area contributed by atoms with Crippen LogP contribution in [0.15, 0.2) is 35.5 Å². The number of rotatable bonds is 2. The summed E-state index contributed by atoms with van der Waals surface area (Å²) >= 11 is 0. The summed E-state index contributed by atoms with van der Waals surface area (Å²) in [5.41, 5.74) is 0.539. The highest BCUT2D eigenvalue weighted by Gasteiger charge is 2.38. The zero-order chi connectivity index (χ0) is 17.1. The molecule has 1 aliphatic rings. The number of nitro groups is 1. The summed E-state index contributed by atoms with van der Waals surface area (Å²) < 4.78 is 0. The van der Waals surface area contributed by atoms with Gasteiger partial charge in [0.1, 0.15) is 6.04 Å². The maximum absolute atomic E-state index is 12.1. The molecular weight excluding hydrogens is 302 g/mol. The summed E-state index contributed by atoms with van der Waals surface area (Å²) in [4.78, 5) is 35.4. The summed E-state index contributed by atoms with van der Waals surface area (Å²) in [7, 11) is 1.34. The van der Waals surface area contributed by atoms with E-state index in [2.05, 4.69) is 10.6 Å². The first kappa shape index (κ1) is 16.0. The van der Waals surface area contributed by atoms with E-state index in [4.69, 9.17) is 0 Å². The number of nitrogens with one attached hydrogen (secondary N) is 2. The number of imide groups is 1. The van der Waals surface area contributed by atoms with Crippen LogP contribution in [0.2, 0.25) is 0 Å². The molecule has 0 radical (unpaired) electrons. The number of nitriles is 1. The van der Waals surface area contributed by atoms with E-state index in [1.165, 1.54) is 38.2 Å². The molecule has 118 valence electrons. The van der Waals surface area contributed by atoms with Gasteiger partial charge in [0.15, 0.2) is 0 Å². The third-order valence-electron chi connectivity index (χ3n) is 3.40. The second kappa shape index (κ2) is 6.15.